The Labute approximate surface area is 212 Å². The van der Waals surface area contributed by atoms with Crippen molar-refractivity contribution in [2.45, 2.75) is 77.6 Å². The summed E-state index contributed by atoms with van der Waals surface area (Å²) >= 11 is 0. The van der Waals surface area contributed by atoms with Gasteiger partial charge in [0.15, 0.2) is 0 Å². The number of rotatable bonds is 10. The predicted molar refractivity (Wildman–Crippen MR) is 132 cm³/mol. The first-order valence-electron chi connectivity index (χ1n) is 12.9. The molecule has 0 aliphatic heterocycles. The van der Waals surface area contributed by atoms with Crippen LogP contribution in [0.4, 0.5) is 4.79 Å². The van der Waals surface area contributed by atoms with E-state index in [4.69, 9.17) is 14.2 Å². The molecule has 0 aromatic carbocycles. The van der Waals surface area contributed by atoms with Crippen LogP contribution in [0.15, 0.2) is 18.3 Å². The highest BCUT2D eigenvalue weighted by Gasteiger charge is 2.30. The van der Waals surface area contributed by atoms with Gasteiger partial charge >= 0.3 is 12.1 Å². The maximum atomic E-state index is 12.4. The molecule has 1 amide bonds. The minimum atomic E-state index is -0.359. The number of carbonyl (C=O) groups excluding carboxylic acids is 2. The average molecular weight is 500 g/mol. The molecule has 2 saturated carbocycles. The Hall–Kier alpha value is -3.17. The fourth-order valence-corrected chi connectivity index (χ4v) is 4.43. The zero-order valence-corrected chi connectivity index (χ0v) is 21.7. The van der Waals surface area contributed by atoms with Gasteiger partial charge in [-0.2, -0.15) is 0 Å². The van der Waals surface area contributed by atoms with Crippen molar-refractivity contribution in [2.75, 3.05) is 13.6 Å². The van der Waals surface area contributed by atoms with Crippen molar-refractivity contribution >= 4 is 12.1 Å². The third-order valence-corrected chi connectivity index (χ3v) is 6.75. The number of nitrogens with zero attached hydrogens (tertiary/aromatic N) is 5. The van der Waals surface area contributed by atoms with Gasteiger partial charge in [-0.3, -0.25) is 9.78 Å². The Balaban J connectivity index is 1.33. The van der Waals surface area contributed by atoms with Crippen LogP contribution < -0.4 is 4.74 Å². The van der Waals surface area contributed by atoms with Gasteiger partial charge in [0.1, 0.15) is 23.7 Å². The second-order valence-electron chi connectivity index (χ2n) is 10.2. The van der Waals surface area contributed by atoms with Crippen LogP contribution in [0.5, 0.6) is 5.75 Å². The summed E-state index contributed by atoms with van der Waals surface area (Å²) in [6, 6.07) is 3.66. The average Bonchev–Trinajstić information content (AvgIpc) is 3.62. The minimum absolute atomic E-state index is 0.0560. The van der Waals surface area contributed by atoms with E-state index in [2.05, 4.69) is 15.3 Å². The van der Waals surface area contributed by atoms with Gasteiger partial charge < -0.3 is 19.1 Å². The van der Waals surface area contributed by atoms with E-state index in [1.807, 2.05) is 26.0 Å². The van der Waals surface area contributed by atoms with Crippen LogP contribution in [0.3, 0.4) is 0 Å². The molecule has 0 spiro atoms. The van der Waals surface area contributed by atoms with Crippen molar-refractivity contribution in [3.63, 3.8) is 0 Å². The summed E-state index contributed by atoms with van der Waals surface area (Å²) in [7, 11) is 3.52. The molecule has 2 atom stereocenters. The summed E-state index contributed by atoms with van der Waals surface area (Å²) in [6.07, 6.45) is 7.96. The Morgan fingerprint density at radius 1 is 1.19 bits per heavy atom. The van der Waals surface area contributed by atoms with E-state index in [9.17, 15) is 9.59 Å². The van der Waals surface area contributed by atoms with E-state index in [-0.39, 0.29) is 36.8 Å². The molecule has 2 aromatic rings. The van der Waals surface area contributed by atoms with Gasteiger partial charge in [-0.1, -0.05) is 18.1 Å². The van der Waals surface area contributed by atoms with Crippen molar-refractivity contribution in [2.24, 2.45) is 18.9 Å². The van der Waals surface area contributed by atoms with Crippen LogP contribution in [0, 0.1) is 11.8 Å². The number of pyridine rings is 1. The molecule has 0 N–H and O–H groups in total. The summed E-state index contributed by atoms with van der Waals surface area (Å²) in [5.41, 5.74) is 1.84. The number of hydrogen-bond acceptors (Lipinski definition) is 8. The van der Waals surface area contributed by atoms with Gasteiger partial charge in [0.25, 0.3) is 0 Å². The standard InChI is InChI=1S/C26H37N5O5/c1-17(2)35-25(32)19-6-5-7-20(14-19)36-21-10-11-22(27-15-21)24-23(31(4)29-28-24)16-34-26(33)30(3)13-12-18-8-9-18/h10-11,15,17-20H,5-9,12-14,16H2,1-4H3/t19-,20-/m0/s1. The molecule has 2 aliphatic carbocycles. The van der Waals surface area contributed by atoms with Gasteiger partial charge in [0.2, 0.25) is 0 Å². The maximum absolute atomic E-state index is 12.4. The third kappa shape index (κ3) is 6.95. The SMILES string of the molecule is CC(C)OC(=O)[C@H]1CCC[C@H](Oc2ccc(-c3nnn(C)c3COC(=O)N(C)CCC3CC3)nc2)C1. The number of amides is 1. The lowest BCUT2D eigenvalue weighted by molar-refractivity contribution is -0.154. The largest absolute Gasteiger partial charge is 0.489 e. The molecule has 2 aliphatic rings. The second kappa shape index (κ2) is 11.7. The molecule has 0 unspecified atom stereocenters. The predicted octanol–water partition coefficient (Wildman–Crippen LogP) is 4.13. The van der Waals surface area contributed by atoms with Gasteiger partial charge in [0, 0.05) is 20.6 Å². The fraction of sp³-hybridized carbons (Fsp3) is 0.654. The van der Waals surface area contributed by atoms with Crippen molar-refractivity contribution in [1.82, 2.24) is 24.9 Å². The molecular formula is C26H37N5O5. The highest BCUT2D eigenvalue weighted by Crippen LogP contribution is 2.32. The van der Waals surface area contributed by atoms with E-state index in [0.29, 0.717) is 35.8 Å². The second-order valence-corrected chi connectivity index (χ2v) is 10.2. The third-order valence-electron chi connectivity index (χ3n) is 6.75. The lowest BCUT2D eigenvalue weighted by Gasteiger charge is -2.28. The molecule has 10 heteroatoms. The van der Waals surface area contributed by atoms with E-state index in [0.717, 1.165) is 31.6 Å². The molecule has 2 heterocycles. The summed E-state index contributed by atoms with van der Waals surface area (Å²) < 4.78 is 18.6. The number of hydrogen-bond donors (Lipinski definition) is 0. The van der Waals surface area contributed by atoms with Crippen molar-refractivity contribution < 1.29 is 23.8 Å². The van der Waals surface area contributed by atoms with E-state index >= 15 is 0 Å². The van der Waals surface area contributed by atoms with Gasteiger partial charge in [-0.05, 0) is 64.0 Å². The number of esters is 1. The van der Waals surface area contributed by atoms with Crippen LogP contribution >= 0.6 is 0 Å². The van der Waals surface area contributed by atoms with Gasteiger partial charge in [-0.15, -0.1) is 5.10 Å². The summed E-state index contributed by atoms with van der Waals surface area (Å²) in [5, 5.41) is 8.32. The molecule has 2 aromatic heterocycles. The molecule has 10 nitrogen and oxygen atoms in total. The highest BCUT2D eigenvalue weighted by atomic mass is 16.6. The smallest absolute Gasteiger partial charge is 0.409 e. The topological polar surface area (TPSA) is 109 Å². The number of aryl methyl sites for hydroxylation is 1. The zero-order valence-electron chi connectivity index (χ0n) is 21.7. The van der Waals surface area contributed by atoms with Crippen molar-refractivity contribution in [1.29, 1.82) is 0 Å². The first kappa shape index (κ1) is 25.9. The number of ether oxygens (including phenoxy) is 3. The Kier molecular flexibility index (Phi) is 8.43. The lowest BCUT2D eigenvalue weighted by atomic mass is 9.87. The Morgan fingerprint density at radius 2 is 2.00 bits per heavy atom. The monoisotopic (exact) mass is 499 g/mol. The normalized spacial score (nSPS) is 19.7. The number of aromatic nitrogens is 4. The molecule has 36 heavy (non-hydrogen) atoms. The molecular weight excluding hydrogens is 462 g/mol. The minimum Gasteiger partial charge on any atom is -0.489 e. The molecule has 4 rings (SSSR count). The molecule has 0 bridgehead atoms. The first-order chi connectivity index (χ1) is 17.3. The van der Waals surface area contributed by atoms with Crippen LogP contribution in [0.1, 0.15) is 64.5 Å². The Morgan fingerprint density at radius 3 is 2.69 bits per heavy atom. The molecule has 0 radical (unpaired) electrons. The molecule has 0 saturated heterocycles. The molecule has 196 valence electrons. The van der Waals surface area contributed by atoms with Gasteiger partial charge in [-0.25, -0.2) is 9.48 Å². The highest BCUT2D eigenvalue weighted by molar-refractivity contribution is 5.72. The summed E-state index contributed by atoms with van der Waals surface area (Å²) in [5.74, 6) is 1.12. The fourth-order valence-electron chi connectivity index (χ4n) is 4.43. The van der Waals surface area contributed by atoms with Crippen LogP contribution in [0.25, 0.3) is 11.4 Å². The van der Waals surface area contributed by atoms with Crippen molar-refractivity contribution in [3.8, 4) is 17.1 Å². The first-order valence-corrected chi connectivity index (χ1v) is 12.9. The van der Waals surface area contributed by atoms with Crippen LogP contribution in [0.2, 0.25) is 0 Å². The van der Waals surface area contributed by atoms with Gasteiger partial charge in [0.05, 0.1) is 30.0 Å². The summed E-state index contributed by atoms with van der Waals surface area (Å²) in [4.78, 5) is 30.8. The quantitative estimate of drug-likeness (QED) is 0.449. The number of carbonyl (C=O) groups is 2. The van der Waals surface area contributed by atoms with Crippen LogP contribution in [-0.2, 0) is 27.9 Å². The van der Waals surface area contributed by atoms with E-state index < -0.39 is 0 Å². The maximum Gasteiger partial charge on any atom is 0.409 e. The lowest BCUT2D eigenvalue weighted by Crippen LogP contribution is -2.31. The Bertz CT molecular complexity index is 1030. The van der Waals surface area contributed by atoms with Crippen molar-refractivity contribution in [3.05, 3.63) is 24.0 Å². The zero-order chi connectivity index (χ0) is 25.7. The van der Waals surface area contributed by atoms with Crippen LogP contribution in [-0.4, -0.2) is 62.7 Å². The van der Waals surface area contributed by atoms with E-state index in [1.54, 1.807) is 29.9 Å². The summed E-state index contributed by atoms with van der Waals surface area (Å²) in [6.45, 7) is 4.48. The van der Waals surface area contributed by atoms with E-state index in [1.165, 1.54) is 12.8 Å². The molecule has 2 fully saturated rings.